The molecule has 0 spiro atoms. The monoisotopic (exact) mass is 181 g/mol. The SMILES string of the molecule is Fc1cccc([B-](F)(F)F)c1F. The van der Waals surface area contributed by atoms with Gasteiger partial charge < -0.3 is 12.9 Å². The van der Waals surface area contributed by atoms with Gasteiger partial charge in [-0.25, -0.2) is 8.78 Å². The van der Waals surface area contributed by atoms with Crippen molar-refractivity contribution in [2.45, 2.75) is 0 Å². The number of benzene rings is 1. The van der Waals surface area contributed by atoms with E-state index in [-0.39, 0.29) is 0 Å². The maximum absolute atomic E-state index is 12.4. The van der Waals surface area contributed by atoms with Crippen LogP contribution in [0, 0.1) is 11.6 Å². The predicted molar refractivity (Wildman–Crippen MR) is 35.1 cm³/mol. The van der Waals surface area contributed by atoms with Gasteiger partial charge >= 0.3 is 6.98 Å². The highest BCUT2D eigenvalue weighted by atomic mass is 19.4. The highest BCUT2D eigenvalue weighted by molar-refractivity contribution is 6.73. The second-order valence-corrected chi connectivity index (χ2v) is 2.22. The molecule has 0 aliphatic rings. The average molecular weight is 181 g/mol. The first kappa shape index (κ1) is 9.03. The zero-order valence-corrected chi connectivity index (χ0v) is 5.70. The second-order valence-electron chi connectivity index (χ2n) is 2.22. The van der Waals surface area contributed by atoms with E-state index in [0.29, 0.717) is 12.1 Å². The molecule has 0 fully saturated rings. The lowest BCUT2D eigenvalue weighted by Gasteiger charge is -2.15. The molecule has 12 heavy (non-hydrogen) atoms. The molecule has 0 aliphatic heterocycles. The van der Waals surface area contributed by atoms with Crippen LogP contribution in [0.25, 0.3) is 0 Å². The van der Waals surface area contributed by atoms with Gasteiger partial charge in [-0.1, -0.05) is 17.6 Å². The Bertz CT molecular complexity index is 292. The summed E-state index contributed by atoms with van der Waals surface area (Å²) in [5, 5.41) is 0. The molecule has 0 atom stereocenters. The third-order valence-corrected chi connectivity index (χ3v) is 1.33. The minimum atomic E-state index is -5.46. The molecule has 0 nitrogen and oxygen atoms in total. The molecule has 0 radical (unpaired) electrons. The molecule has 1 aromatic carbocycles. The molecule has 1 rings (SSSR count). The van der Waals surface area contributed by atoms with E-state index in [9.17, 15) is 21.7 Å². The van der Waals surface area contributed by atoms with Crippen molar-refractivity contribution in [3.63, 3.8) is 0 Å². The summed E-state index contributed by atoms with van der Waals surface area (Å²) in [5.74, 6) is -3.31. The smallest absolute Gasteiger partial charge is 0.445 e. The Hall–Kier alpha value is -1.07. The topological polar surface area (TPSA) is 0 Å². The Morgan fingerprint density at radius 2 is 1.58 bits per heavy atom. The van der Waals surface area contributed by atoms with Gasteiger partial charge in [0.25, 0.3) is 0 Å². The molecular formula is C6H3BF5-. The van der Waals surface area contributed by atoms with Gasteiger partial charge in [0.15, 0.2) is 5.82 Å². The van der Waals surface area contributed by atoms with Gasteiger partial charge in [-0.3, -0.25) is 0 Å². The highest BCUT2D eigenvalue weighted by Gasteiger charge is 2.29. The summed E-state index contributed by atoms with van der Waals surface area (Å²) in [6.45, 7) is -5.46. The molecule has 0 unspecified atom stereocenters. The van der Waals surface area contributed by atoms with Gasteiger partial charge in [0.1, 0.15) is 5.82 Å². The van der Waals surface area contributed by atoms with Gasteiger partial charge in [0, 0.05) is 0 Å². The lowest BCUT2D eigenvalue weighted by molar-refractivity contribution is 0.478. The first-order valence-electron chi connectivity index (χ1n) is 3.07. The molecule has 0 saturated carbocycles. The van der Waals surface area contributed by atoms with Gasteiger partial charge in [-0.05, 0) is 6.07 Å². The number of hydrogen-bond acceptors (Lipinski definition) is 0. The average Bonchev–Trinajstić information content (AvgIpc) is 1.92. The van der Waals surface area contributed by atoms with Crippen LogP contribution in [0.2, 0.25) is 0 Å². The maximum atomic E-state index is 12.4. The van der Waals surface area contributed by atoms with E-state index >= 15 is 0 Å². The summed E-state index contributed by atoms with van der Waals surface area (Å²) in [6, 6.07) is 1.97. The lowest BCUT2D eigenvalue weighted by Crippen LogP contribution is -2.37. The first-order valence-corrected chi connectivity index (χ1v) is 3.07. The van der Waals surface area contributed by atoms with Crippen LogP contribution in [-0.2, 0) is 0 Å². The summed E-state index contributed by atoms with van der Waals surface area (Å²) >= 11 is 0. The number of halogens is 5. The quantitative estimate of drug-likeness (QED) is 0.459. The highest BCUT2D eigenvalue weighted by Crippen LogP contribution is 2.12. The van der Waals surface area contributed by atoms with Crippen molar-refractivity contribution in [2.24, 2.45) is 0 Å². The molecule has 0 aliphatic carbocycles. The van der Waals surface area contributed by atoms with E-state index in [1.165, 1.54) is 0 Å². The Balaban J connectivity index is 3.26. The first-order chi connectivity index (χ1) is 5.43. The second kappa shape index (κ2) is 2.77. The van der Waals surface area contributed by atoms with Crippen molar-refractivity contribution in [3.8, 4) is 0 Å². The van der Waals surface area contributed by atoms with Crippen molar-refractivity contribution in [2.75, 3.05) is 0 Å². The number of rotatable bonds is 1. The minimum absolute atomic E-state index is 0.512. The summed E-state index contributed by atoms with van der Waals surface area (Å²) in [5.41, 5.74) is -1.52. The van der Waals surface area contributed by atoms with E-state index in [1.54, 1.807) is 0 Å². The predicted octanol–water partition coefficient (Wildman–Crippen LogP) is 2.02. The standard InChI is InChI=1S/C6H3BF5/c8-5-3-1-2-4(6(5)9)7(10,11)12/h1-3H/q-1. The third-order valence-electron chi connectivity index (χ3n) is 1.33. The van der Waals surface area contributed by atoms with E-state index in [1.807, 2.05) is 0 Å². The van der Waals surface area contributed by atoms with Crippen LogP contribution >= 0.6 is 0 Å². The van der Waals surface area contributed by atoms with Gasteiger partial charge in [-0.15, -0.1) is 0 Å². The summed E-state index contributed by atoms with van der Waals surface area (Å²) in [4.78, 5) is 0. The van der Waals surface area contributed by atoms with Crippen LogP contribution < -0.4 is 5.46 Å². The molecule has 0 heterocycles. The Morgan fingerprint density at radius 3 is 2.00 bits per heavy atom. The molecule has 1 aromatic rings. The molecule has 6 heteroatoms. The van der Waals surface area contributed by atoms with Crippen LogP contribution in [0.15, 0.2) is 18.2 Å². The van der Waals surface area contributed by atoms with Crippen LogP contribution in [0.5, 0.6) is 0 Å². The maximum Gasteiger partial charge on any atom is 0.512 e. The van der Waals surface area contributed by atoms with Crippen LogP contribution in [0.3, 0.4) is 0 Å². The zero-order valence-electron chi connectivity index (χ0n) is 5.70. The van der Waals surface area contributed by atoms with Crippen molar-refractivity contribution >= 4 is 12.4 Å². The molecular weight excluding hydrogens is 178 g/mol. The minimum Gasteiger partial charge on any atom is -0.445 e. The van der Waals surface area contributed by atoms with Gasteiger partial charge in [-0.2, -0.15) is 0 Å². The Morgan fingerprint density at radius 1 is 1.00 bits per heavy atom. The molecule has 0 saturated heterocycles. The fraction of sp³-hybridized carbons (Fsp3) is 0. The van der Waals surface area contributed by atoms with Crippen molar-refractivity contribution in [1.82, 2.24) is 0 Å². The van der Waals surface area contributed by atoms with Crippen LogP contribution in [0.4, 0.5) is 21.7 Å². The Labute approximate surface area is 65.1 Å². The van der Waals surface area contributed by atoms with Crippen molar-refractivity contribution in [3.05, 3.63) is 29.8 Å². The molecule has 66 valence electrons. The summed E-state index contributed by atoms with van der Waals surface area (Å²) in [6.07, 6.45) is 0. The summed E-state index contributed by atoms with van der Waals surface area (Å²) in [7, 11) is 0. The van der Waals surface area contributed by atoms with Crippen LogP contribution in [-0.4, -0.2) is 6.98 Å². The van der Waals surface area contributed by atoms with Gasteiger partial charge in [0.2, 0.25) is 0 Å². The van der Waals surface area contributed by atoms with Crippen LogP contribution in [0.1, 0.15) is 0 Å². The van der Waals surface area contributed by atoms with Crippen molar-refractivity contribution < 1.29 is 21.7 Å². The largest absolute Gasteiger partial charge is 0.512 e. The Kier molecular flexibility index (Phi) is 2.08. The molecule has 0 bridgehead atoms. The normalized spacial score (nSPS) is 11.8. The molecule has 0 aromatic heterocycles. The fourth-order valence-corrected chi connectivity index (χ4v) is 0.773. The van der Waals surface area contributed by atoms with E-state index in [4.69, 9.17) is 0 Å². The van der Waals surface area contributed by atoms with Crippen molar-refractivity contribution in [1.29, 1.82) is 0 Å². The number of hydrogen-bond donors (Lipinski definition) is 0. The van der Waals surface area contributed by atoms with E-state index < -0.39 is 24.1 Å². The van der Waals surface area contributed by atoms with E-state index in [2.05, 4.69) is 0 Å². The zero-order chi connectivity index (χ0) is 9.35. The lowest BCUT2D eigenvalue weighted by atomic mass is 9.80. The third kappa shape index (κ3) is 1.57. The molecule has 0 amide bonds. The molecule has 0 N–H and O–H groups in total. The van der Waals surface area contributed by atoms with Gasteiger partial charge in [0.05, 0.1) is 0 Å². The summed E-state index contributed by atoms with van der Waals surface area (Å²) < 4.78 is 60.3. The van der Waals surface area contributed by atoms with E-state index in [0.717, 1.165) is 6.07 Å². The fourth-order valence-electron chi connectivity index (χ4n) is 0.773.